The van der Waals surface area contributed by atoms with E-state index in [0.29, 0.717) is 12.5 Å². The summed E-state index contributed by atoms with van der Waals surface area (Å²) in [6, 6.07) is 7.74. The second kappa shape index (κ2) is 6.93. The molecule has 0 saturated carbocycles. The van der Waals surface area contributed by atoms with Gasteiger partial charge in [-0.2, -0.15) is 0 Å². The molecule has 0 bridgehead atoms. The fraction of sp³-hybridized carbons (Fsp3) is 0.500. The minimum absolute atomic E-state index is 0.134. The molecule has 1 atom stereocenters. The van der Waals surface area contributed by atoms with Gasteiger partial charge in [0.15, 0.2) is 0 Å². The van der Waals surface area contributed by atoms with Crippen molar-refractivity contribution in [1.82, 2.24) is 15.0 Å². The molecule has 2 aromatic heterocycles. The van der Waals surface area contributed by atoms with E-state index in [9.17, 15) is 0 Å². The summed E-state index contributed by atoms with van der Waals surface area (Å²) < 4.78 is 17.3. The van der Waals surface area contributed by atoms with Crippen molar-refractivity contribution >= 4 is 5.82 Å². The summed E-state index contributed by atoms with van der Waals surface area (Å²) in [7, 11) is 1.61. The molecule has 4 rings (SSSR count). The molecular formula is C18H22N4O3. The van der Waals surface area contributed by atoms with Crippen LogP contribution in [0.1, 0.15) is 18.5 Å². The highest BCUT2D eigenvalue weighted by atomic mass is 16.5. The maximum Gasteiger partial charge on any atom is 0.218 e. The van der Waals surface area contributed by atoms with Crippen molar-refractivity contribution in [2.45, 2.75) is 31.2 Å². The molecule has 0 N–H and O–H groups in total. The molecule has 2 fully saturated rings. The van der Waals surface area contributed by atoms with Crippen molar-refractivity contribution in [3.05, 3.63) is 42.5 Å². The second-order valence-corrected chi connectivity index (χ2v) is 6.55. The number of rotatable bonds is 5. The van der Waals surface area contributed by atoms with Crippen LogP contribution >= 0.6 is 0 Å². The van der Waals surface area contributed by atoms with Crippen molar-refractivity contribution < 1.29 is 14.2 Å². The summed E-state index contributed by atoms with van der Waals surface area (Å²) in [6.07, 6.45) is 5.36. The van der Waals surface area contributed by atoms with Gasteiger partial charge in [0.25, 0.3) is 0 Å². The molecule has 25 heavy (non-hydrogen) atoms. The van der Waals surface area contributed by atoms with E-state index >= 15 is 0 Å². The smallest absolute Gasteiger partial charge is 0.218 e. The number of methoxy groups -OCH3 is 1. The molecule has 4 heterocycles. The zero-order valence-electron chi connectivity index (χ0n) is 14.3. The maximum absolute atomic E-state index is 6.08. The summed E-state index contributed by atoms with van der Waals surface area (Å²) in [5, 5.41) is 0. The highest BCUT2D eigenvalue weighted by Gasteiger charge is 2.48. The van der Waals surface area contributed by atoms with Gasteiger partial charge in [0.1, 0.15) is 17.7 Å². The minimum Gasteiger partial charge on any atom is -0.481 e. The molecule has 7 heteroatoms. The van der Waals surface area contributed by atoms with Gasteiger partial charge >= 0.3 is 0 Å². The molecule has 7 nitrogen and oxygen atoms in total. The Bertz CT molecular complexity index is 706. The van der Waals surface area contributed by atoms with Crippen LogP contribution in [-0.2, 0) is 16.1 Å². The fourth-order valence-electron chi connectivity index (χ4n) is 3.46. The van der Waals surface area contributed by atoms with Gasteiger partial charge in [-0.1, -0.05) is 6.07 Å². The molecule has 2 aromatic rings. The minimum atomic E-state index is -0.134. The Kier molecular flexibility index (Phi) is 4.50. The van der Waals surface area contributed by atoms with Crippen LogP contribution in [0.5, 0.6) is 5.88 Å². The fourth-order valence-corrected chi connectivity index (χ4v) is 3.46. The topological polar surface area (TPSA) is 69.6 Å². The second-order valence-electron chi connectivity index (χ2n) is 6.55. The van der Waals surface area contributed by atoms with E-state index in [1.807, 2.05) is 24.3 Å². The number of ether oxygens (including phenoxy) is 3. The first-order valence-corrected chi connectivity index (χ1v) is 8.53. The van der Waals surface area contributed by atoms with Gasteiger partial charge in [0.2, 0.25) is 5.88 Å². The molecule has 0 aliphatic carbocycles. The predicted molar refractivity (Wildman–Crippen MR) is 91.5 cm³/mol. The van der Waals surface area contributed by atoms with Gasteiger partial charge in [-0.05, 0) is 18.6 Å². The van der Waals surface area contributed by atoms with Gasteiger partial charge in [-0.25, -0.2) is 9.97 Å². The van der Waals surface area contributed by atoms with Gasteiger partial charge < -0.3 is 19.1 Å². The van der Waals surface area contributed by atoms with Crippen LogP contribution < -0.4 is 9.64 Å². The van der Waals surface area contributed by atoms with E-state index in [4.69, 9.17) is 14.2 Å². The molecule has 0 amide bonds. The van der Waals surface area contributed by atoms with E-state index in [1.54, 1.807) is 13.3 Å². The van der Waals surface area contributed by atoms with E-state index in [2.05, 4.69) is 19.9 Å². The molecule has 2 aliphatic heterocycles. The maximum atomic E-state index is 6.08. The zero-order chi connectivity index (χ0) is 17.1. The van der Waals surface area contributed by atoms with Crippen molar-refractivity contribution in [2.75, 3.05) is 31.7 Å². The first kappa shape index (κ1) is 16.2. The lowest BCUT2D eigenvalue weighted by molar-refractivity contribution is -0.148. The number of aromatic nitrogens is 3. The third-order valence-electron chi connectivity index (χ3n) is 4.76. The Morgan fingerprint density at radius 1 is 1.28 bits per heavy atom. The summed E-state index contributed by atoms with van der Waals surface area (Å²) in [5.74, 6) is 1.45. The van der Waals surface area contributed by atoms with Crippen LogP contribution in [0.25, 0.3) is 0 Å². The summed E-state index contributed by atoms with van der Waals surface area (Å²) in [6.45, 7) is 2.91. The van der Waals surface area contributed by atoms with Gasteiger partial charge in [-0.3, -0.25) is 4.98 Å². The Balaban J connectivity index is 1.33. The number of anilines is 1. The van der Waals surface area contributed by atoms with Gasteiger partial charge in [0.05, 0.1) is 38.6 Å². The average Bonchev–Trinajstić information content (AvgIpc) is 2.65. The number of pyridine rings is 1. The first-order chi connectivity index (χ1) is 12.3. The standard InChI is InChI=1S/C18H22N4O3/c1-23-17-8-16(20-13-21-17)22-11-18(12-22)9-15(5-7-25-18)24-10-14-4-2-3-6-19-14/h2-4,6,8,13,15H,5,7,9-12H2,1H3. The van der Waals surface area contributed by atoms with Crippen molar-refractivity contribution in [1.29, 1.82) is 0 Å². The lowest BCUT2D eigenvalue weighted by Crippen LogP contribution is -2.66. The Hall–Kier alpha value is -2.25. The molecule has 0 aromatic carbocycles. The van der Waals surface area contributed by atoms with Crippen LogP contribution in [0.2, 0.25) is 0 Å². The van der Waals surface area contributed by atoms with E-state index in [0.717, 1.165) is 44.0 Å². The van der Waals surface area contributed by atoms with E-state index in [-0.39, 0.29) is 11.7 Å². The highest BCUT2D eigenvalue weighted by Crippen LogP contribution is 2.37. The molecular weight excluding hydrogens is 320 g/mol. The Morgan fingerprint density at radius 3 is 3.00 bits per heavy atom. The quantitative estimate of drug-likeness (QED) is 0.821. The van der Waals surface area contributed by atoms with Gasteiger partial charge in [0, 0.05) is 25.3 Å². The number of nitrogens with zero attached hydrogens (tertiary/aromatic N) is 4. The molecule has 0 radical (unpaired) electrons. The van der Waals surface area contributed by atoms with Gasteiger partial charge in [-0.15, -0.1) is 0 Å². The lowest BCUT2D eigenvalue weighted by atomic mass is 9.84. The molecule has 2 saturated heterocycles. The zero-order valence-corrected chi connectivity index (χ0v) is 14.3. The van der Waals surface area contributed by atoms with E-state index in [1.165, 1.54) is 6.33 Å². The third-order valence-corrected chi connectivity index (χ3v) is 4.76. The van der Waals surface area contributed by atoms with Crippen molar-refractivity contribution in [3.63, 3.8) is 0 Å². The lowest BCUT2D eigenvalue weighted by Gasteiger charge is -2.53. The average molecular weight is 342 g/mol. The van der Waals surface area contributed by atoms with Crippen molar-refractivity contribution in [3.8, 4) is 5.88 Å². The van der Waals surface area contributed by atoms with Crippen LogP contribution in [0.4, 0.5) is 5.82 Å². The number of hydrogen-bond donors (Lipinski definition) is 0. The van der Waals surface area contributed by atoms with Crippen LogP contribution in [0.3, 0.4) is 0 Å². The van der Waals surface area contributed by atoms with E-state index < -0.39 is 0 Å². The summed E-state index contributed by atoms with van der Waals surface area (Å²) in [5.41, 5.74) is 0.831. The normalized spacial score (nSPS) is 21.8. The van der Waals surface area contributed by atoms with Crippen LogP contribution in [0.15, 0.2) is 36.8 Å². The Morgan fingerprint density at radius 2 is 2.20 bits per heavy atom. The largest absolute Gasteiger partial charge is 0.481 e. The third kappa shape index (κ3) is 3.57. The first-order valence-electron chi connectivity index (χ1n) is 8.53. The predicted octanol–water partition coefficient (Wildman–Crippen LogP) is 1.83. The van der Waals surface area contributed by atoms with Crippen LogP contribution in [-0.4, -0.2) is 53.5 Å². The molecule has 1 spiro atoms. The summed E-state index contributed by atoms with van der Waals surface area (Å²) >= 11 is 0. The monoisotopic (exact) mass is 342 g/mol. The van der Waals surface area contributed by atoms with Crippen molar-refractivity contribution in [2.24, 2.45) is 0 Å². The molecule has 132 valence electrons. The highest BCUT2D eigenvalue weighted by molar-refractivity contribution is 5.45. The SMILES string of the molecule is COc1cc(N2CC3(CC(OCc4ccccn4)CCO3)C2)ncn1. The molecule has 2 aliphatic rings. The molecule has 1 unspecified atom stereocenters. The summed E-state index contributed by atoms with van der Waals surface area (Å²) in [4.78, 5) is 14.9. The van der Waals surface area contributed by atoms with Crippen LogP contribution in [0, 0.1) is 0 Å². The number of hydrogen-bond acceptors (Lipinski definition) is 7. The Labute approximate surface area is 147 Å².